The molecule has 1 atom stereocenters. The van der Waals surface area contributed by atoms with E-state index in [1.807, 2.05) is 12.1 Å². The summed E-state index contributed by atoms with van der Waals surface area (Å²) in [7, 11) is 0. The van der Waals surface area contributed by atoms with Crippen LogP contribution in [0.1, 0.15) is 24.0 Å². The van der Waals surface area contributed by atoms with Gasteiger partial charge in [0.25, 0.3) is 0 Å². The maximum atomic E-state index is 9.97. The topological polar surface area (TPSA) is 65.3 Å². The van der Waals surface area contributed by atoms with Crippen LogP contribution in [0.2, 0.25) is 5.02 Å². The summed E-state index contributed by atoms with van der Waals surface area (Å²) in [6.07, 6.45) is 2.59. The number of nitrogens with zero attached hydrogens (tertiary/aromatic N) is 1. The third-order valence-electron chi connectivity index (χ3n) is 3.81. The quantitative estimate of drug-likeness (QED) is 0.597. The normalized spacial score (nSPS) is 11.3. The molecule has 6 heteroatoms. The van der Waals surface area contributed by atoms with Crippen molar-refractivity contribution in [3.8, 4) is 11.8 Å². The molecule has 0 aliphatic rings. The van der Waals surface area contributed by atoms with Gasteiger partial charge in [-0.05, 0) is 43.5 Å². The lowest BCUT2D eigenvalue weighted by Gasteiger charge is -2.14. The lowest BCUT2D eigenvalue weighted by atomic mass is 10.1. The van der Waals surface area contributed by atoms with Gasteiger partial charge in [0.2, 0.25) is 0 Å². The van der Waals surface area contributed by atoms with Gasteiger partial charge in [-0.2, -0.15) is 5.26 Å². The standard InChI is InChI=1S/C20H23ClN2O2.ClH/c21-19-10-6-11-20(18(19)13-22)25-15-17(24)14-23-12-5-4-9-16-7-2-1-3-8-16;/h1-3,6-8,10-11,17,23-24H,4-5,9,12,14-15H2;1H/t17-;/m1./s1. The summed E-state index contributed by atoms with van der Waals surface area (Å²) in [5, 5.41) is 22.6. The average molecular weight is 395 g/mol. The summed E-state index contributed by atoms with van der Waals surface area (Å²) in [5.41, 5.74) is 1.65. The van der Waals surface area contributed by atoms with E-state index < -0.39 is 6.10 Å². The smallest absolute Gasteiger partial charge is 0.138 e. The zero-order valence-corrected chi connectivity index (χ0v) is 16.1. The lowest BCUT2D eigenvalue weighted by molar-refractivity contribution is 0.106. The zero-order chi connectivity index (χ0) is 17.9. The Kier molecular flexibility index (Phi) is 10.8. The predicted octanol–water partition coefficient (Wildman–Crippen LogP) is 3.99. The number of benzene rings is 2. The third kappa shape index (κ3) is 7.63. The van der Waals surface area contributed by atoms with E-state index in [1.54, 1.807) is 18.2 Å². The van der Waals surface area contributed by atoms with E-state index >= 15 is 0 Å². The van der Waals surface area contributed by atoms with Crippen molar-refractivity contribution >= 4 is 24.0 Å². The Morgan fingerprint density at radius 3 is 2.62 bits per heavy atom. The number of hydrogen-bond donors (Lipinski definition) is 2. The monoisotopic (exact) mass is 394 g/mol. The molecule has 140 valence electrons. The number of hydrogen-bond acceptors (Lipinski definition) is 4. The molecule has 0 saturated carbocycles. The van der Waals surface area contributed by atoms with Gasteiger partial charge in [-0.25, -0.2) is 0 Å². The number of unbranched alkanes of at least 4 members (excludes halogenated alkanes) is 1. The van der Waals surface area contributed by atoms with Crippen molar-refractivity contribution in [1.82, 2.24) is 5.32 Å². The predicted molar refractivity (Wildman–Crippen MR) is 107 cm³/mol. The number of rotatable bonds is 10. The Morgan fingerprint density at radius 2 is 1.88 bits per heavy atom. The molecule has 2 rings (SSSR count). The minimum Gasteiger partial charge on any atom is -0.489 e. The number of nitriles is 1. The summed E-state index contributed by atoms with van der Waals surface area (Å²) >= 11 is 5.94. The van der Waals surface area contributed by atoms with Gasteiger partial charge in [-0.1, -0.05) is 48.0 Å². The summed E-state index contributed by atoms with van der Waals surface area (Å²) in [4.78, 5) is 0. The highest BCUT2D eigenvalue weighted by atomic mass is 35.5. The van der Waals surface area contributed by atoms with Crippen LogP contribution in [-0.4, -0.2) is 30.9 Å². The second-order valence-corrected chi connectivity index (χ2v) is 6.24. The zero-order valence-electron chi connectivity index (χ0n) is 14.5. The Morgan fingerprint density at radius 1 is 1.12 bits per heavy atom. The maximum Gasteiger partial charge on any atom is 0.138 e. The van der Waals surface area contributed by atoms with Crippen LogP contribution in [-0.2, 0) is 6.42 Å². The molecule has 2 N–H and O–H groups in total. The molecule has 0 fully saturated rings. The first-order chi connectivity index (χ1) is 12.2. The summed E-state index contributed by atoms with van der Waals surface area (Å²) in [6, 6.07) is 17.5. The van der Waals surface area contributed by atoms with Crippen LogP contribution in [0.25, 0.3) is 0 Å². The molecule has 0 unspecified atom stereocenters. The van der Waals surface area contributed by atoms with Crippen LogP contribution >= 0.6 is 24.0 Å². The van der Waals surface area contributed by atoms with Crippen molar-refractivity contribution < 1.29 is 9.84 Å². The lowest BCUT2D eigenvalue weighted by Crippen LogP contribution is -2.32. The van der Waals surface area contributed by atoms with Crippen LogP contribution in [0.15, 0.2) is 48.5 Å². The van der Waals surface area contributed by atoms with Gasteiger partial charge >= 0.3 is 0 Å². The molecule has 0 saturated heterocycles. The van der Waals surface area contributed by atoms with E-state index in [0.717, 1.165) is 25.8 Å². The molecule has 0 amide bonds. The van der Waals surface area contributed by atoms with Gasteiger partial charge < -0.3 is 15.2 Å². The molecule has 2 aromatic rings. The summed E-state index contributed by atoms with van der Waals surface area (Å²) in [6.45, 7) is 1.42. The Balaban J connectivity index is 0.00000338. The molecule has 0 spiro atoms. The van der Waals surface area contributed by atoms with Crippen LogP contribution in [0, 0.1) is 11.3 Å². The number of aryl methyl sites for hydroxylation is 1. The van der Waals surface area contributed by atoms with Crippen molar-refractivity contribution in [1.29, 1.82) is 5.26 Å². The highest BCUT2D eigenvalue weighted by Gasteiger charge is 2.10. The third-order valence-corrected chi connectivity index (χ3v) is 4.13. The van der Waals surface area contributed by atoms with Crippen LogP contribution in [0.4, 0.5) is 0 Å². The fraction of sp³-hybridized carbons (Fsp3) is 0.350. The molecular weight excluding hydrogens is 371 g/mol. The number of aliphatic hydroxyl groups excluding tert-OH is 1. The highest BCUT2D eigenvalue weighted by Crippen LogP contribution is 2.25. The van der Waals surface area contributed by atoms with E-state index in [4.69, 9.17) is 21.6 Å². The maximum absolute atomic E-state index is 9.97. The van der Waals surface area contributed by atoms with Gasteiger partial charge in [0.05, 0.1) is 5.02 Å². The first-order valence-corrected chi connectivity index (χ1v) is 8.82. The van der Waals surface area contributed by atoms with E-state index in [9.17, 15) is 5.11 Å². The first kappa shape index (κ1) is 22.3. The van der Waals surface area contributed by atoms with E-state index in [2.05, 4.69) is 29.6 Å². The second-order valence-electron chi connectivity index (χ2n) is 5.84. The minimum absolute atomic E-state index is 0. The fourth-order valence-electron chi connectivity index (χ4n) is 2.47. The van der Waals surface area contributed by atoms with E-state index in [-0.39, 0.29) is 19.0 Å². The van der Waals surface area contributed by atoms with Gasteiger partial charge in [-0.3, -0.25) is 0 Å². The molecular formula is C20H24Cl2N2O2. The number of nitrogens with one attached hydrogen (secondary N) is 1. The number of ether oxygens (including phenoxy) is 1. The van der Waals surface area contributed by atoms with Gasteiger partial charge in [0.15, 0.2) is 0 Å². The Hall–Kier alpha value is -1.77. The largest absolute Gasteiger partial charge is 0.489 e. The SMILES string of the molecule is Cl.N#Cc1c(Cl)cccc1OC[C@H](O)CNCCCCc1ccccc1. The van der Waals surface area contributed by atoms with E-state index in [0.29, 0.717) is 22.9 Å². The number of halogens is 2. The van der Waals surface area contributed by atoms with Gasteiger partial charge in [0.1, 0.15) is 30.1 Å². The molecule has 0 heterocycles. The molecule has 0 aliphatic carbocycles. The van der Waals surface area contributed by atoms with Gasteiger partial charge in [-0.15, -0.1) is 12.4 Å². The van der Waals surface area contributed by atoms with Gasteiger partial charge in [0, 0.05) is 6.54 Å². The molecule has 2 aromatic carbocycles. The van der Waals surface area contributed by atoms with Crippen LogP contribution in [0.5, 0.6) is 5.75 Å². The van der Waals surface area contributed by atoms with Crippen molar-refractivity contribution in [2.45, 2.75) is 25.4 Å². The molecule has 0 bridgehead atoms. The molecule has 26 heavy (non-hydrogen) atoms. The van der Waals surface area contributed by atoms with Crippen LogP contribution in [0.3, 0.4) is 0 Å². The highest BCUT2D eigenvalue weighted by molar-refractivity contribution is 6.31. The summed E-state index contributed by atoms with van der Waals surface area (Å²) < 4.78 is 5.51. The average Bonchev–Trinajstić information content (AvgIpc) is 2.63. The van der Waals surface area contributed by atoms with Crippen molar-refractivity contribution in [3.63, 3.8) is 0 Å². The second kappa shape index (κ2) is 12.6. The Bertz CT molecular complexity index is 690. The van der Waals surface area contributed by atoms with Crippen molar-refractivity contribution in [2.75, 3.05) is 19.7 Å². The first-order valence-electron chi connectivity index (χ1n) is 8.45. The Labute approximate surface area is 166 Å². The van der Waals surface area contributed by atoms with Crippen molar-refractivity contribution in [3.05, 3.63) is 64.7 Å². The van der Waals surface area contributed by atoms with E-state index in [1.165, 1.54) is 5.56 Å². The molecule has 0 aromatic heterocycles. The summed E-state index contributed by atoms with van der Waals surface area (Å²) in [5.74, 6) is 0.400. The molecule has 0 aliphatic heterocycles. The fourth-order valence-corrected chi connectivity index (χ4v) is 2.68. The molecule has 4 nitrogen and oxygen atoms in total. The van der Waals surface area contributed by atoms with Crippen LogP contribution < -0.4 is 10.1 Å². The number of aliphatic hydroxyl groups is 1. The minimum atomic E-state index is -0.639. The molecule has 0 radical (unpaired) electrons. The van der Waals surface area contributed by atoms with Crippen molar-refractivity contribution in [2.24, 2.45) is 0 Å².